The molecule has 0 N–H and O–H groups in total. The highest BCUT2D eigenvalue weighted by atomic mass is 35.5. The van der Waals surface area contributed by atoms with Crippen LogP contribution in [-0.2, 0) is 5.41 Å². The van der Waals surface area contributed by atoms with Crippen LogP contribution >= 0.6 is 11.6 Å². The number of benzene rings is 1. The summed E-state index contributed by atoms with van der Waals surface area (Å²) in [6.45, 7) is 11.5. The lowest BCUT2D eigenvalue weighted by Crippen LogP contribution is -2.46. The van der Waals surface area contributed by atoms with Gasteiger partial charge in [0.15, 0.2) is 0 Å². The SMILES string of the molecule is CN1CCC2(CC1)CCN(c1ccc(C(C)(C)C)cc1Cl)CC2. The fourth-order valence-electron chi connectivity index (χ4n) is 4.04. The summed E-state index contributed by atoms with van der Waals surface area (Å²) in [5, 5.41) is 0.914. The minimum absolute atomic E-state index is 0.155. The first-order valence-electron chi connectivity index (χ1n) is 9.03. The summed E-state index contributed by atoms with van der Waals surface area (Å²) in [4.78, 5) is 4.97. The molecule has 0 bridgehead atoms. The summed E-state index contributed by atoms with van der Waals surface area (Å²) in [5.74, 6) is 0. The third-order valence-electron chi connectivity index (χ3n) is 6.03. The maximum Gasteiger partial charge on any atom is 0.0642 e. The number of halogens is 1. The van der Waals surface area contributed by atoms with Crippen LogP contribution in [0.5, 0.6) is 0 Å². The second-order valence-corrected chi connectivity index (χ2v) is 9.11. The molecule has 3 heteroatoms. The van der Waals surface area contributed by atoms with Crippen molar-refractivity contribution in [1.82, 2.24) is 4.90 Å². The highest BCUT2D eigenvalue weighted by Crippen LogP contribution is 2.43. The Balaban J connectivity index is 1.68. The van der Waals surface area contributed by atoms with E-state index in [2.05, 4.69) is 55.8 Å². The van der Waals surface area contributed by atoms with Crippen molar-refractivity contribution in [2.75, 3.05) is 38.1 Å². The Morgan fingerprint density at radius 3 is 2.04 bits per heavy atom. The van der Waals surface area contributed by atoms with E-state index < -0.39 is 0 Å². The maximum absolute atomic E-state index is 6.62. The molecule has 128 valence electrons. The van der Waals surface area contributed by atoms with Gasteiger partial charge in [-0.1, -0.05) is 38.4 Å². The van der Waals surface area contributed by atoms with Gasteiger partial charge < -0.3 is 9.80 Å². The largest absolute Gasteiger partial charge is 0.370 e. The monoisotopic (exact) mass is 334 g/mol. The van der Waals surface area contributed by atoms with Crippen molar-refractivity contribution in [2.45, 2.75) is 51.9 Å². The summed E-state index contributed by atoms with van der Waals surface area (Å²) in [6, 6.07) is 6.65. The van der Waals surface area contributed by atoms with E-state index in [0.29, 0.717) is 5.41 Å². The standard InChI is InChI=1S/C20H31ClN2/c1-19(2,3)16-5-6-18(17(21)15-16)23-13-9-20(10-14-23)7-11-22(4)12-8-20/h5-6,15H,7-14H2,1-4H3. The molecule has 3 rings (SSSR count). The molecule has 0 unspecified atom stereocenters. The molecular weight excluding hydrogens is 304 g/mol. The molecule has 0 radical (unpaired) electrons. The number of nitrogens with zero attached hydrogens (tertiary/aromatic N) is 2. The molecular formula is C20H31ClN2. The summed E-state index contributed by atoms with van der Waals surface area (Å²) in [6.07, 6.45) is 5.37. The Kier molecular flexibility index (Phi) is 4.68. The van der Waals surface area contributed by atoms with Gasteiger partial charge in [-0.15, -0.1) is 0 Å². The highest BCUT2D eigenvalue weighted by molar-refractivity contribution is 6.33. The van der Waals surface area contributed by atoms with Gasteiger partial charge in [-0.25, -0.2) is 0 Å². The van der Waals surface area contributed by atoms with Crippen molar-refractivity contribution in [3.8, 4) is 0 Å². The number of piperidine rings is 2. The molecule has 1 aromatic carbocycles. The van der Waals surface area contributed by atoms with Gasteiger partial charge in [0.1, 0.15) is 0 Å². The number of likely N-dealkylation sites (tertiary alicyclic amines) is 1. The first-order valence-corrected chi connectivity index (χ1v) is 9.40. The molecule has 1 spiro atoms. The molecule has 23 heavy (non-hydrogen) atoms. The third kappa shape index (κ3) is 3.69. The van der Waals surface area contributed by atoms with Gasteiger partial charge in [0.05, 0.1) is 10.7 Å². The summed E-state index contributed by atoms with van der Waals surface area (Å²) in [5.41, 5.74) is 3.29. The first-order chi connectivity index (χ1) is 10.8. The minimum Gasteiger partial charge on any atom is -0.370 e. The van der Waals surface area contributed by atoms with Crippen LogP contribution in [0.1, 0.15) is 52.0 Å². The van der Waals surface area contributed by atoms with E-state index in [0.717, 1.165) is 18.1 Å². The Morgan fingerprint density at radius 1 is 0.957 bits per heavy atom. The fraction of sp³-hybridized carbons (Fsp3) is 0.700. The summed E-state index contributed by atoms with van der Waals surface area (Å²) >= 11 is 6.62. The Morgan fingerprint density at radius 2 is 1.52 bits per heavy atom. The number of anilines is 1. The fourth-order valence-corrected chi connectivity index (χ4v) is 4.34. The summed E-state index contributed by atoms with van der Waals surface area (Å²) in [7, 11) is 2.25. The predicted molar refractivity (Wildman–Crippen MR) is 101 cm³/mol. The third-order valence-corrected chi connectivity index (χ3v) is 6.33. The molecule has 2 nitrogen and oxygen atoms in total. The van der Waals surface area contributed by atoms with Crippen LogP contribution in [0.2, 0.25) is 5.02 Å². The van der Waals surface area contributed by atoms with Crippen LogP contribution in [0, 0.1) is 5.41 Å². The quantitative estimate of drug-likeness (QED) is 0.717. The Bertz CT molecular complexity index is 543. The van der Waals surface area contributed by atoms with Crippen molar-refractivity contribution in [3.63, 3.8) is 0 Å². The van der Waals surface area contributed by atoms with Gasteiger partial charge in [-0.3, -0.25) is 0 Å². The first kappa shape index (κ1) is 17.1. The van der Waals surface area contributed by atoms with Crippen LogP contribution in [-0.4, -0.2) is 38.1 Å². The van der Waals surface area contributed by atoms with Gasteiger partial charge in [-0.05, 0) is 74.3 Å². The normalized spacial score (nSPS) is 22.6. The van der Waals surface area contributed by atoms with E-state index in [4.69, 9.17) is 11.6 Å². The van der Waals surface area contributed by atoms with Crippen molar-refractivity contribution in [2.24, 2.45) is 5.41 Å². The Labute approximate surface area is 146 Å². The van der Waals surface area contributed by atoms with Crippen molar-refractivity contribution < 1.29 is 0 Å². The van der Waals surface area contributed by atoms with E-state index in [1.165, 1.54) is 50.0 Å². The van der Waals surface area contributed by atoms with E-state index in [1.807, 2.05) is 0 Å². The van der Waals surface area contributed by atoms with Crippen LogP contribution in [0.25, 0.3) is 0 Å². The van der Waals surface area contributed by atoms with Crippen LogP contribution in [0.4, 0.5) is 5.69 Å². The van der Waals surface area contributed by atoms with Gasteiger partial charge in [0.25, 0.3) is 0 Å². The molecule has 2 saturated heterocycles. The lowest BCUT2D eigenvalue weighted by Gasteiger charge is -2.47. The second kappa shape index (κ2) is 6.29. The molecule has 0 aromatic heterocycles. The van der Waals surface area contributed by atoms with Gasteiger partial charge in [0.2, 0.25) is 0 Å². The topological polar surface area (TPSA) is 6.48 Å². The van der Waals surface area contributed by atoms with Crippen LogP contribution in [0.15, 0.2) is 18.2 Å². The molecule has 2 fully saturated rings. The van der Waals surface area contributed by atoms with Gasteiger partial charge in [-0.2, -0.15) is 0 Å². The number of rotatable bonds is 1. The average molecular weight is 335 g/mol. The van der Waals surface area contributed by atoms with Gasteiger partial charge >= 0.3 is 0 Å². The smallest absolute Gasteiger partial charge is 0.0642 e. The molecule has 0 saturated carbocycles. The average Bonchev–Trinajstić information content (AvgIpc) is 2.51. The maximum atomic E-state index is 6.62. The molecule has 0 amide bonds. The zero-order valence-electron chi connectivity index (χ0n) is 15.2. The highest BCUT2D eigenvalue weighted by Gasteiger charge is 2.37. The molecule has 2 aliphatic rings. The van der Waals surface area contributed by atoms with Gasteiger partial charge in [0, 0.05) is 13.1 Å². The molecule has 2 heterocycles. The van der Waals surface area contributed by atoms with E-state index >= 15 is 0 Å². The van der Waals surface area contributed by atoms with Crippen LogP contribution in [0.3, 0.4) is 0 Å². The van der Waals surface area contributed by atoms with Crippen LogP contribution < -0.4 is 4.90 Å². The molecule has 0 atom stereocenters. The molecule has 1 aromatic rings. The van der Waals surface area contributed by atoms with Crippen molar-refractivity contribution in [1.29, 1.82) is 0 Å². The lowest BCUT2D eigenvalue weighted by molar-refractivity contribution is 0.0945. The minimum atomic E-state index is 0.155. The zero-order chi connectivity index (χ0) is 16.7. The number of hydrogen-bond donors (Lipinski definition) is 0. The van der Waals surface area contributed by atoms with E-state index in [9.17, 15) is 0 Å². The van der Waals surface area contributed by atoms with E-state index in [-0.39, 0.29) is 5.41 Å². The second-order valence-electron chi connectivity index (χ2n) is 8.71. The molecule has 0 aliphatic carbocycles. The number of hydrogen-bond acceptors (Lipinski definition) is 2. The lowest BCUT2D eigenvalue weighted by atomic mass is 9.71. The zero-order valence-corrected chi connectivity index (χ0v) is 15.9. The predicted octanol–water partition coefficient (Wildman–Crippen LogP) is 4.95. The van der Waals surface area contributed by atoms with Crippen molar-refractivity contribution >= 4 is 17.3 Å². The Hall–Kier alpha value is -0.730. The van der Waals surface area contributed by atoms with E-state index in [1.54, 1.807) is 0 Å². The summed E-state index contributed by atoms with van der Waals surface area (Å²) < 4.78 is 0. The van der Waals surface area contributed by atoms with Crippen molar-refractivity contribution in [3.05, 3.63) is 28.8 Å². The molecule has 2 aliphatic heterocycles.